The Balaban J connectivity index is 2.51. The number of methoxy groups -OCH3 is 1. The Bertz CT molecular complexity index is 178. The first-order valence-electron chi connectivity index (χ1n) is 2.84. The van der Waals surface area contributed by atoms with Gasteiger partial charge in [0.25, 0.3) is 0 Å². The van der Waals surface area contributed by atoms with Crippen LogP contribution in [0.25, 0.3) is 0 Å². The van der Waals surface area contributed by atoms with Crippen LogP contribution in [0.15, 0.2) is 4.99 Å². The number of nitrogens with one attached hydrogen (secondary N) is 1. The molecule has 0 bridgehead atoms. The van der Waals surface area contributed by atoms with Gasteiger partial charge in [0.05, 0.1) is 7.11 Å². The van der Waals surface area contributed by atoms with Crippen LogP contribution in [0, 0.1) is 0 Å². The molecule has 0 aromatic rings. The summed E-state index contributed by atoms with van der Waals surface area (Å²) in [5, 5.41) is 1.69. The second-order valence-corrected chi connectivity index (χ2v) is 1.95. The van der Waals surface area contributed by atoms with E-state index in [1.54, 1.807) is 12.1 Å². The molecule has 1 rings (SSSR count). The van der Waals surface area contributed by atoms with E-state index < -0.39 is 5.97 Å². The second kappa shape index (κ2) is 2.66. The second-order valence-electron chi connectivity index (χ2n) is 1.95. The van der Waals surface area contributed by atoms with Crippen LogP contribution in [-0.2, 0) is 9.53 Å². The smallest absolute Gasteiger partial charge is 0.374 e. The summed E-state index contributed by atoms with van der Waals surface area (Å²) < 4.78 is 4.42. The zero-order chi connectivity index (χ0) is 7.56. The highest BCUT2D eigenvalue weighted by Crippen LogP contribution is 1.91. The standard InChI is InChI=1S/C5H9N3O2/c1-8-3-6-4(7-8)5(9)10-2/h3H2,1-2H3,(H,6,7). The Morgan fingerprint density at radius 2 is 2.60 bits per heavy atom. The van der Waals surface area contributed by atoms with E-state index in [1.807, 2.05) is 0 Å². The largest absolute Gasteiger partial charge is 0.463 e. The van der Waals surface area contributed by atoms with Crippen molar-refractivity contribution in [1.82, 2.24) is 10.4 Å². The lowest BCUT2D eigenvalue weighted by molar-refractivity contribution is -0.133. The van der Waals surface area contributed by atoms with Gasteiger partial charge in [-0.05, 0) is 0 Å². The van der Waals surface area contributed by atoms with Gasteiger partial charge in [0.1, 0.15) is 6.67 Å². The average molecular weight is 143 g/mol. The van der Waals surface area contributed by atoms with Crippen molar-refractivity contribution < 1.29 is 9.53 Å². The summed E-state index contributed by atoms with van der Waals surface area (Å²) >= 11 is 0. The molecule has 0 aromatic carbocycles. The summed E-state index contributed by atoms with van der Waals surface area (Å²) in [5.41, 5.74) is 2.71. The van der Waals surface area contributed by atoms with Gasteiger partial charge in [-0.2, -0.15) is 0 Å². The Morgan fingerprint density at radius 3 is 3.00 bits per heavy atom. The third-order valence-electron chi connectivity index (χ3n) is 1.12. The molecule has 0 saturated carbocycles. The molecule has 5 nitrogen and oxygen atoms in total. The first kappa shape index (κ1) is 7.01. The fourth-order valence-corrected chi connectivity index (χ4v) is 0.635. The molecule has 10 heavy (non-hydrogen) atoms. The van der Waals surface area contributed by atoms with Crippen molar-refractivity contribution >= 4 is 11.8 Å². The molecule has 0 fully saturated rings. The number of hydrogen-bond acceptors (Lipinski definition) is 5. The minimum absolute atomic E-state index is 0.269. The highest BCUT2D eigenvalue weighted by atomic mass is 16.5. The predicted molar refractivity (Wildman–Crippen MR) is 35.2 cm³/mol. The molecular formula is C5H9N3O2. The van der Waals surface area contributed by atoms with E-state index in [9.17, 15) is 4.79 Å². The lowest BCUT2D eigenvalue weighted by Gasteiger charge is -2.06. The minimum Gasteiger partial charge on any atom is -0.463 e. The maximum absolute atomic E-state index is 10.7. The number of nitrogens with zero attached hydrogens (tertiary/aromatic N) is 2. The molecule has 0 radical (unpaired) electrons. The minimum atomic E-state index is -0.427. The maximum atomic E-state index is 10.7. The quantitative estimate of drug-likeness (QED) is 0.477. The fourth-order valence-electron chi connectivity index (χ4n) is 0.635. The van der Waals surface area contributed by atoms with Crippen LogP contribution in [0.3, 0.4) is 0 Å². The molecule has 0 saturated heterocycles. The van der Waals surface area contributed by atoms with E-state index in [0.29, 0.717) is 6.67 Å². The van der Waals surface area contributed by atoms with Crippen molar-refractivity contribution in [2.45, 2.75) is 0 Å². The SMILES string of the molecule is COC(=O)C1=NCN(C)N1. The molecule has 1 N–H and O–H groups in total. The van der Waals surface area contributed by atoms with E-state index in [0.717, 1.165) is 0 Å². The highest BCUT2D eigenvalue weighted by molar-refractivity contribution is 6.35. The third kappa shape index (κ3) is 1.24. The molecule has 5 heteroatoms. The van der Waals surface area contributed by atoms with Crippen molar-refractivity contribution in [3.8, 4) is 0 Å². The van der Waals surface area contributed by atoms with Crippen molar-refractivity contribution in [3.05, 3.63) is 0 Å². The number of hydrazine groups is 1. The Morgan fingerprint density at radius 1 is 1.90 bits per heavy atom. The van der Waals surface area contributed by atoms with Gasteiger partial charge in [-0.3, -0.25) is 5.43 Å². The number of rotatable bonds is 1. The van der Waals surface area contributed by atoms with Gasteiger partial charge in [0, 0.05) is 7.05 Å². The summed E-state index contributed by atoms with van der Waals surface area (Å²) in [4.78, 5) is 14.6. The van der Waals surface area contributed by atoms with Crippen LogP contribution in [0.2, 0.25) is 0 Å². The number of aliphatic imine (C=N–C) groups is 1. The van der Waals surface area contributed by atoms with Gasteiger partial charge in [-0.15, -0.1) is 0 Å². The predicted octanol–water partition coefficient (Wildman–Crippen LogP) is -1.03. The molecule has 1 heterocycles. The zero-order valence-corrected chi connectivity index (χ0v) is 5.92. The van der Waals surface area contributed by atoms with Gasteiger partial charge in [-0.1, -0.05) is 0 Å². The van der Waals surface area contributed by atoms with Crippen molar-refractivity contribution in [2.75, 3.05) is 20.8 Å². The van der Waals surface area contributed by atoms with Crippen LogP contribution in [0.5, 0.6) is 0 Å². The summed E-state index contributed by atoms with van der Waals surface area (Å²) in [6.45, 7) is 0.491. The molecule has 1 aliphatic heterocycles. The molecule has 0 spiro atoms. The van der Waals surface area contributed by atoms with Crippen molar-refractivity contribution in [1.29, 1.82) is 0 Å². The third-order valence-corrected chi connectivity index (χ3v) is 1.12. The summed E-state index contributed by atoms with van der Waals surface area (Å²) in [6.07, 6.45) is 0. The molecule has 1 aliphatic rings. The van der Waals surface area contributed by atoms with Crippen LogP contribution < -0.4 is 5.43 Å². The molecule has 56 valence electrons. The van der Waals surface area contributed by atoms with Gasteiger partial charge >= 0.3 is 5.97 Å². The first-order chi connectivity index (χ1) is 4.74. The highest BCUT2D eigenvalue weighted by Gasteiger charge is 2.17. The van der Waals surface area contributed by atoms with Gasteiger partial charge in [0.2, 0.25) is 5.84 Å². The lowest BCUT2D eigenvalue weighted by Crippen LogP contribution is -2.36. The molecular weight excluding hydrogens is 134 g/mol. The number of hydrogen-bond donors (Lipinski definition) is 1. The zero-order valence-electron chi connectivity index (χ0n) is 5.92. The van der Waals surface area contributed by atoms with Crippen LogP contribution >= 0.6 is 0 Å². The number of ether oxygens (including phenoxy) is 1. The lowest BCUT2D eigenvalue weighted by atomic mass is 10.6. The van der Waals surface area contributed by atoms with E-state index in [2.05, 4.69) is 15.2 Å². The number of carbonyl (C=O) groups excluding carboxylic acids is 1. The number of amidine groups is 1. The molecule has 0 aromatic heterocycles. The topological polar surface area (TPSA) is 53.9 Å². The van der Waals surface area contributed by atoms with E-state index in [4.69, 9.17) is 0 Å². The van der Waals surface area contributed by atoms with Crippen LogP contribution in [0.1, 0.15) is 0 Å². The maximum Gasteiger partial charge on any atom is 0.374 e. The molecule has 0 unspecified atom stereocenters. The Hall–Kier alpha value is -1.10. The van der Waals surface area contributed by atoms with Crippen molar-refractivity contribution in [3.63, 3.8) is 0 Å². The summed E-state index contributed by atoms with van der Waals surface area (Å²) in [5.74, 6) is -0.158. The number of esters is 1. The Kier molecular flexibility index (Phi) is 1.86. The van der Waals surface area contributed by atoms with Crippen LogP contribution in [-0.4, -0.2) is 37.6 Å². The first-order valence-corrected chi connectivity index (χ1v) is 2.84. The number of carbonyl (C=O) groups is 1. The van der Waals surface area contributed by atoms with Crippen LogP contribution in [0.4, 0.5) is 0 Å². The van der Waals surface area contributed by atoms with E-state index in [1.165, 1.54) is 7.11 Å². The normalized spacial score (nSPS) is 18.0. The van der Waals surface area contributed by atoms with E-state index in [-0.39, 0.29) is 5.84 Å². The Labute approximate surface area is 58.6 Å². The molecule has 0 aliphatic carbocycles. The van der Waals surface area contributed by atoms with Gasteiger partial charge in [-0.25, -0.2) is 14.8 Å². The monoisotopic (exact) mass is 143 g/mol. The fraction of sp³-hybridized carbons (Fsp3) is 0.600. The van der Waals surface area contributed by atoms with Crippen molar-refractivity contribution in [2.24, 2.45) is 4.99 Å². The average Bonchev–Trinajstić information content (AvgIpc) is 2.34. The van der Waals surface area contributed by atoms with Gasteiger partial charge < -0.3 is 4.74 Å². The van der Waals surface area contributed by atoms with E-state index >= 15 is 0 Å². The molecule has 0 atom stereocenters. The molecule has 0 amide bonds. The summed E-state index contributed by atoms with van der Waals surface area (Å²) in [7, 11) is 3.12. The summed E-state index contributed by atoms with van der Waals surface area (Å²) in [6, 6.07) is 0. The van der Waals surface area contributed by atoms with Gasteiger partial charge in [0.15, 0.2) is 0 Å².